The van der Waals surface area contributed by atoms with Crippen molar-refractivity contribution in [2.75, 3.05) is 20.3 Å². The number of amides is 1. The highest BCUT2D eigenvalue weighted by Gasteiger charge is 2.14. The Hall–Kier alpha value is -3.54. The highest BCUT2D eigenvalue weighted by molar-refractivity contribution is 5.94. The molecule has 0 aliphatic heterocycles. The zero-order valence-electron chi connectivity index (χ0n) is 19.1. The molecule has 0 aliphatic rings. The summed E-state index contributed by atoms with van der Waals surface area (Å²) in [5.41, 5.74) is 2.62. The Morgan fingerprint density at radius 1 is 0.969 bits per heavy atom. The average Bonchev–Trinajstić information content (AvgIpc) is 2.80. The molecule has 0 aliphatic carbocycles. The molecule has 2 aromatic carbocycles. The van der Waals surface area contributed by atoms with Gasteiger partial charge in [-0.1, -0.05) is 39.0 Å². The average molecular weight is 435 g/mol. The Bertz CT molecular complexity index is 1010. The van der Waals surface area contributed by atoms with Gasteiger partial charge in [0.25, 0.3) is 5.91 Å². The molecule has 3 aromatic rings. The number of nitrogens with one attached hydrogen (secondary N) is 1. The summed E-state index contributed by atoms with van der Waals surface area (Å²) >= 11 is 0. The van der Waals surface area contributed by atoms with Crippen molar-refractivity contribution in [1.29, 1.82) is 0 Å². The fraction of sp³-hybridized carbons (Fsp3) is 0.308. The van der Waals surface area contributed by atoms with E-state index in [4.69, 9.17) is 14.2 Å². The van der Waals surface area contributed by atoms with E-state index in [-0.39, 0.29) is 17.9 Å². The lowest BCUT2D eigenvalue weighted by atomic mass is 9.87. The lowest BCUT2D eigenvalue weighted by molar-refractivity contribution is 0.0946. The van der Waals surface area contributed by atoms with Crippen molar-refractivity contribution in [2.45, 2.75) is 32.8 Å². The van der Waals surface area contributed by atoms with Crippen LogP contribution in [-0.2, 0) is 12.0 Å². The fourth-order valence-corrected chi connectivity index (χ4v) is 3.05. The van der Waals surface area contributed by atoms with Crippen LogP contribution >= 0.6 is 0 Å². The van der Waals surface area contributed by atoms with Gasteiger partial charge in [-0.2, -0.15) is 0 Å². The van der Waals surface area contributed by atoms with Crippen molar-refractivity contribution < 1.29 is 19.0 Å². The van der Waals surface area contributed by atoms with Gasteiger partial charge in [-0.3, -0.25) is 9.78 Å². The minimum absolute atomic E-state index is 0.102. The standard InChI is InChI=1S/C26H30N2O4/c1-26(2,3)20-9-11-22(12-10-20)31-16-15-28-25(29)19-8-13-23(30-4)24(17-19)32-18-21-7-5-6-14-27-21/h5-14,17H,15-16,18H2,1-4H3,(H,28,29). The first kappa shape index (κ1) is 23.1. The van der Waals surface area contributed by atoms with Crippen LogP contribution in [0.25, 0.3) is 0 Å². The number of methoxy groups -OCH3 is 1. The number of rotatable bonds is 9. The summed E-state index contributed by atoms with van der Waals surface area (Å²) < 4.78 is 16.9. The molecule has 0 bridgehead atoms. The molecular weight excluding hydrogens is 404 g/mol. The van der Waals surface area contributed by atoms with Gasteiger partial charge in [0.15, 0.2) is 11.5 Å². The van der Waals surface area contributed by atoms with Gasteiger partial charge in [-0.15, -0.1) is 0 Å². The summed E-state index contributed by atoms with van der Waals surface area (Å²) in [6.45, 7) is 7.56. The predicted molar refractivity (Wildman–Crippen MR) is 125 cm³/mol. The number of aromatic nitrogens is 1. The molecular formula is C26H30N2O4. The zero-order valence-corrected chi connectivity index (χ0v) is 19.1. The van der Waals surface area contributed by atoms with Crippen molar-refractivity contribution in [2.24, 2.45) is 0 Å². The van der Waals surface area contributed by atoms with E-state index >= 15 is 0 Å². The Morgan fingerprint density at radius 3 is 2.41 bits per heavy atom. The Labute approximate surface area is 189 Å². The Kier molecular flexibility index (Phi) is 7.71. The van der Waals surface area contributed by atoms with Gasteiger partial charge in [-0.25, -0.2) is 0 Å². The highest BCUT2D eigenvalue weighted by Crippen LogP contribution is 2.29. The lowest BCUT2D eigenvalue weighted by Gasteiger charge is -2.19. The first-order valence-electron chi connectivity index (χ1n) is 10.6. The third-order valence-electron chi connectivity index (χ3n) is 4.90. The van der Waals surface area contributed by atoms with Crippen LogP contribution < -0.4 is 19.5 Å². The summed E-state index contributed by atoms with van der Waals surface area (Å²) in [5, 5.41) is 2.87. The summed E-state index contributed by atoms with van der Waals surface area (Å²) in [6, 6.07) is 18.8. The molecule has 0 unspecified atom stereocenters. The molecule has 1 N–H and O–H groups in total. The van der Waals surface area contributed by atoms with E-state index in [0.29, 0.717) is 30.2 Å². The molecule has 1 aromatic heterocycles. The first-order valence-corrected chi connectivity index (χ1v) is 10.6. The summed E-state index contributed by atoms with van der Waals surface area (Å²) in [7, 11) is 1.56. The van der Waals surface area contributed by atoms with E-state index < -0.39 is 0 Å². The molecule has 0 saturated carbocycles. The molecule has 0 radical (unpaired) electrons. The SMILES string of the molecule is COc1ccc(C(=O)NCCOc2ccc(C(C)(C)C)cc2)cc1OCc1ccccn1. The van der Waals surface area contributed by atoms with E-state index in [2.05, 4.69) is 43.2 Å². The van der Waals surface area contributed by atoms with Crippen molar-refractivity contribution in [3.8, 4) is 17.2 Å². The number of pyridine rings is 1. The molecule has 32 heavy (non-hydrogen) atoms. The van der Waals surface area contributed by atoms with E-state index in [1.807, 2.05) is 30.3 Å². The van der Waals surface area contributed by atoms with Gasteiger partial charge in [0.2, 0.25) is 0 Å². The van der Waals surface area contributed by atoms with Crippen molar-refractivity contribution >= 4 is 5.91 Å². The number of hydrogen-bond donors (Lipinski definition) is 1. The minimum Gasteiger partial charge on any atom is -0.493 e. The van der Waals surface area contributed by atoms with Gasteiger partial charge in [0.05, 0.1) is 19.3 Å². The van der Waals surface area contributed by atoms with Crippen LogP contribution in [-0.4, -0.2) is 31.2 Å². The maximum Gasteiger partial charge on any atom is 0.251 e. The van der Waals surface area contributed by atoms with E-state index in [1.165, 1.54) is 5.56 Å². The van der Waals surface area contributed by atoms with Crippen LogP contribution in [0.3, 0.4) is 0 Å². The number of hydrogen-bond acceptors (Lipinski definition) is 5. The third kappa shape index (κ3) is 6.48. The van der Waals surface area contributed by atoms with Crippen molar-refractivity contribution in [3.05, 3.63) is 83.7 Å². The molecule has 0 spiro atoms. The van der Waals surface area contributed by atoms with Crippen LogP contribution in [0.15, 0.2) is 66.9 Å². The normalized spacial score (nSPS) is 11.0. The summed E-state index contributed by atoms with van der Waals surface area (Å²) in [5.74, 6) is 1.62. The van der Waals surface area contributed by atoms with Gasteiger partial charge in [0, 0.05) is 11.8 Å². The van der Waals surface area contributed by atoms with E-state index in [9.17, 15) is 4.79 Å². The van der Waals surface area contributed by atoms with E-state index in [0.717, 1.165) is 11.4 Å². The molecule has 3 rings (SSSR count). The summed E-state index contributed by atoms with van der Waals surface area (Å²) in [6.07, 6.45) is 1.71. The molecule has 168 valence electrons. The molecule has 6 nitrogen and oxygen atoms in total. The van der Waals surface area contributed by atoms with Crippen molar-refractivity contribution in [1.82, 2.24) is 10.3 Å². The highest BCUT2D eigenvalue weighted by atomic mass is 16.5. The second-order valence-corrected chi connectivity index (χ2v) is 8.35. The maximum atomic E-state index is 12.6. The number of benzene rings is 2. The first-order chi connectivity index (χ1) is 15.4. The lowest BCUT2D eigenvalue weighted by Crippen LogP contribution is -2.28. The van der Waals surface area contributed by atoms with Gasteiger partial charge >= 0.3 is 0 Å². The topological polar surface area (TPSA) is 69.7 Å². The van der Waals surface area contributed by atoms with Crippen molar-refractivity contribution in [3.63, 3.8) is 0 Å². The van der Waals surface area contributed by atoms with Gasteiger partial charge in [0.1, 0.15) is 19.0 Å². The van der Waals surface area contributed by atoms with Gasteiger partial charge in [-0.05, 0) is 53.4 Å². The number of carbonyl (C=O) groups excluding carboxylic acids is 1. The van der Waals surface area contributed by atoms with Crippen LogP contribution in [0.2, 0.25) is 0 Å². The number of ether oxygens (including phenoxy) is 3. The largest absolute Gasteiger partial charge is 0.493 e. The van der Waals surface area contributed by atoms with Gasteiger partial charge < -0.3 is 19.5 Å². The Morgan fingerprint density at radius 2 is 1.75 bits per heavy atom. The molecule has 0 atom stereocenters. The zero-order chi connectivity index (χ0) is 23.0. The monoisotopic (exact) mass is 434 g/mol. The number of carbonyl (C=O) groups is 1. The molecule has 1 amide bonds. The Balaban J connectivity index is 1.52. The second-order valence-electron chi connectivity index (χ2n) is 8.35. The minimum atomic E-state index is -0.206. The molecule has 6 heteroatoms. The third-order valence-corrected chi connectivity index (χ3v) is 4.90. The second kappa shape index (κ2) is 10.7. The summed E-state index contributed by atoms with van der Waals surface area (Å²) in [4.78, 5) is 16.8. The van der Waals surface area contributed by atoms with Crippen LogP contribution in [0.4, 0.5) is 0 Å². The van der Waals surface area contributed by atoms with Crippen LogP contribution in [0.5, 0.6) is 17.2 Å². The molecule has 1 heterocycles. The number of nitrogens with zero attached hydrogens (tertiary/aromatic N) is 1. The van der Waals surface area contributed by atoms with Crippen LogP contribution in [0.1, 0.15) is 42.4 Å². The quantitative estimate of drug-likeness (QED) is 0.491. The fourth-order valence-electron chi connectivity index (χ4n) is 3.05. The van der Waals surface area contributed by atoms with E-state index in [1.54, 1.807) is 31.5 Å². The van der Waals surface area contributed by atoms with Crippen LogP contribution in [0, 0.1) is 0 Å². The molecule has 0 fully saturated rings. The predicted octanol–water partition coefficient (Wildman–Crippen LogP) is 4.78. The maximum absolute atomic E-state index is 12.6. The molecule has 0 saturated heterocycles. The smallest absolute Gasteiger partial charge is 0.251 e.